The smallest absolute Gasteiger partial charge is 0.160 e. The molecular formula is C11H8BrFO. The van der Waals surface area contributed by atoms with Gasteiger partial charge in [-0.3, -0.25) is 4.79 Å². The van der Waals surface area contributed by atoms with Gasteiger partial charge in [0.1, 0.15) is 5.82 Å². The van der Waals surface area contributed by atoms with E-state index in [0.717, 1.165) is 11.1 Å². The van der Waals surface area contributed by atoms with E-state index in [2.05, 4.69) is 15.9 Å². The molecular weight excluding hydrogens is 247 g/mol. The molecule has 14 heavy (non-hydrogen) atoms. The quantitative estimate of drug-likeness (QED) is 0.753. The van der Waals surface area contributed by atoms with Gasteiger partial charge in [0.05, 0.1) is 4.47 Å². The summed E-state index contributed by atoms with van der Waals surface area (Å²) in [5.74, 6) is -0.330. The fourth-order valence-corrected chi connectivity index (χ4v) is 2.05. The van der Waals surface area contributed by atoms with Crippen LogP contribution in [0.5, 0.6) is 0 Å². The van der Waals surface area contributed by atoms with Crippen molar-refractivity contribution in [1.29, 1.82) is 0 Å². The van der Waals surface area contributed by atoms with E-state index in [9.17, 15) is 9.18 Å². The molecule has 1 aliphatic carbocycles. The lowest BCUT2D eigenvalue weighted by molar-refractivity contribution is -0.111. The van der Waals surface area contributed by atoms with E-state index in [1.54, 1.807) is 6.07 Å². The van der Waals surface area contributed by atoms with Crippen molar-refractivity contribution in [3.63, 3.8) is 0 Å². The van der Waals surface area contributed by atoms with Crippen LogP contribution >= 0.6 is 15.9 Å². The van der Waals surface area contributed by atoms with Gasteiger partial charge in [-0.25, -0.2) is 4.39 Å². The summed E-state index contributed by atoms with van der Waals surface area (Å²) >= 11 is 3.12. The Hall–Kier alpha value is -0.960. The fourth-order valence-electron chi connectivity index (χ4n) is 1.66. The van der Waals surface area contributed by atoms with Crippen LogP contribution in [0.25, 0.3) is 5.57 Å². The summed E-state index contributed by atoms with van der Waals surface area (Å²) in [4.78, 5) is 11.2. The predicted octanol–water partition coefficient (Wildman–Crippen LogP) is 3.12. The van der Waals surface area contributed by atoms with Gasteiger partial charge in [-0.1, -0.05) is 6.08 Å². The van der Waals surface area contributed by atoms with Crippen LogP contribution < -0.4 is 0 Å². The summed E-state index contributed by atoms with van der Waals surface area (Å²) in [5.41, 5.74) is 2.37. The molecule has 1 aromatic carbocycles. The zero-order valence-corrected chi connectivity index (χ0v) is 9.19. The zero-order chi connectivity index (χ0) is 10.3. The molecule has 0 atom stereocenters. The summed E-state index contributed by atoms with van der Waals surface area (Å²) in [7, 11) is 0. The van der Waals surface area contributed by atoms with E-state index >= 15 is 0 Å². The second-order valence-electron chi connectivity index (χ2n) is 3.30. The number of hydrogen-bond acceptors (Lipinski definition) is 1. The van der Waals surface area contributed by atoms with Crippen molar-refractivity contribution in [3.05, 3.63) is 39.6 Å². The molecule has 0 N–H and O–H groups in total. The maximum atomic E-state index is 13.2. The van der Waals surface area contributed by atoms with Crippen LogP contribution in [0.2, 0.25) is 0 Å². The lowest BCUT2D eigenvalue weighted by atomic mass is 10.0. The summed E-state index contributed by atoms with van der Waals surface area (Å²) in [6.45, 7) is 1.50. The summed E-state index contributed by atoms with van der Waals surface area (Å²) < 4.78 is 13.7. The first kappa shape index (κ1) is 9.59. The molecule has 0 unspecified atom stereocenters. The summed E-state index contributed by atoms with van der Waals surface area (Å²) in [6, 6.07) is 3.15. The molecule has 0 saturated heterocycles. The molecule has 0 amide bonds. The van der Waals surface area contributed by atoms with Crippen molar-refractivity contribution in [1.82, 2.24) is 0 Å². The largest absolute Gasteiger partial charge is 0.295 e. The monoisotopic (exact) mass is 254 g/mol. The molecule has 0 saturated carbocycles. The van der Waals surface area contributed by atoms with Gasteiger partial charge in [0.2, 0.25) is 0 Å². The normalized spacial score (nSPS) is 13.8. The van der Waals surface area contributed by atoms with E-state index in [0.29, 0.717) is 16.5 Å². The van der Waals surface area contributed by atoms with Crippen LogP contribution in [-0.4, -0.2) is 5.78 Å². The van der Waals surface area contributed by atoms with Gasteiger partial charge in [0.25, 0.3) is 0 Å². The number of carbonyl (C=O) groups excluding carboxylic acids is 1. The van der Waals surface area contributed by atoms with E-state index in [-0.39, 0.29) is 11.6 Å². The molecule has 1 aromatic rings. The SMILES string of the molecule is CC(=O)C1=CCc2cc(Br)c(F)cc21. The van der Waals surface area contributed by atoms with Crippen molar-refractivity contribution in [3.8, 4) is 0 Å². The molecule has 3 heteroatoms. The van der Waals surface area contributed by atoms with Crippen molar-refractivity contribution >= 4 is 27.3 Å². The van der Waals surface area contributed by atoms with Crippen LogP contribution in [-0.2, 0) is 11.2 Å². The minimum absolute atomic E-state index is 0.00882. The van der Waals surface area contributed by atoms with E-state index in [1.807, 2.05) is 6.08 Å². The highest BCUT2D eigenvalue weighted by molar-refractivity contribution is 9.10. The van der Waals surface area contributed by atoms with Crippen LogP contribution in [0.4, 0.5) is 4.39 Å². The van der Waals surface area contributed by atoms with Gasteiger partial charge >= 0.3 is 0 Å². The van der Waals surface area contributed by atoms with Crippen molar-refractivity contribution < 1.29 is 9.18 Å². The molecule has 0 heterocycles. The first-order valence-corrected chi connectivity index (χ1v) is 5.08. The Morgan fingerprint density at radius 3 is 2.86 bits per heavy atom. The molecule has 1 nitrogen and oxygen atoms in total. The Kier molecular flexibility index (Phi) is 2.27. The lowest BCUT2D eigenvalue weighted by Gasteiger charge is -2.04. The Morgan fingerprint density at radius 2 is 2.21 bits per heavy atom. The molecule has 0 radical (unpaired) electrons. The number of carbonyl (C=O) groups is 1. The predicted molar refractivity (Wildman–Crippen MR) is 56.5 cm³/mol. The van der Waals surface area contributed by atoms with Gasteiger partial charge in [0.15, 0.2) is 5.78 Å². The second-order valence-corrected chi connectivity index (χ2v) is 4.16. The number of hydrogen-bond donors (Lipinski definition) is 0. The van der Waals surface area contributed by atoms with Crippen molar-refractivity contribution in [2.24, 2.45) is 0 Å². The molecule has 0 aromatic heterocycles. The van der Waals surface area contributed by atoms with Crippen LogP contribution in [0, 0.1) is 5.82 Å². The number of benzene rings is 1. The van der Waals surface area contributed by atoms with Crippen LogP contribution in [0.15, 0.2) is 22.7 Å². The Bertz CT molecular complexity index is 449. The summed E-state index contributed by atoms with van der Waals surface area (Å²) in [6.07, 6.45) is 2.56. The minimum atomic E-state index is -0.321. The van der Waals surface area contributed by atoms with Crippen LogP contribution in [0.3, 0.4) is 0 Å². The topological polar surface area (TPSA) is 17.1 Å². The third-order valence-electron chi connectivity index (χ3n) is 2.34. The minimum Gasteiger partial charge on any atom is -0.295 e. The maximum absolute atomic E-state index is 13.2. The lowest BCUT2D eigenvalue weighted by Crippen LogP contribution is -1.95. The highest BCUT2D eigenvalue weighted by Gasteiger charge is 2.19. The molecule has 0 aliphatic heterocycles. The molecule has 0 bridgehead atoms. The standard InChI is InChI=1S/C11H8BrFO/c1-6(14)8-3-2-7-4-10(12)11(13)5-9(7)8/h3-5H,2H2,1H3. The van der Waals surface area contributed by atoms with Crippen molar-refractivity contribution in [2.75, 3.05) is 0 Å². The van der Waals surface area contributed by atoms with Gasteiger partial charge in [-0.05, 0) is 52.5 Å². The first-order chi connectivity index (χ1) is 6.59. The number of Topliss-reactive ketones (excluding diaryl/α,β-unsaturated/α-hetero) is 1. The van der Waals surface area contributed by atoms with Gasteiger partial charge in [0, 0.05) is 5.57 Å². The van der Waals surface area contributed by atoms with Gasteiger partial charge in [-0.15, -0.1) is 0 Å². The molecule has 72 valence electrons. The fraction of sp³-hybridized carbons (Fsp3) is 0.182. The molecule has 0 fully saturated rings. The number of rotatable bonds is 1. The Balaban J connectivity index is 2.57. The third-order valence-corrected chi connectivity index (χ3v) is 2.95. The van der Waals surface area contributed by atoms with Gasteiger partial charge < -0.3 is 0 Å². The van der Waals surface area contributed by atoms with E-state index in [4.69, 9.17) is 0 Å². The Labute approximate surface area is 89.8 Å². The molecule has 0 spiro atoms. The average molecular weight is 255 g/mol. The Morgan fingerprint density at radius 1 is 1.50 bits per heavy atom. The number of halogens is 2. The van der Waals surface area contributed by atoms with E-state index in [1.165, 1.54) is 13.0 Å². The first-order valence-electron chi connectivity index (χ1n) is 4.29. The highest BCUT2D eigenvalue weighted by Crippen LogP contribution is 2.31. The van der Waals surface area contributed by atoms with Crippen LogP contribution in [0.1, 0.15) is 18.1 Å². The maximum Gasteiger partial charge on any atom is 0.160 e. The molecule has 2 rings (SSSR count). The van der Waals surface area contributed by atoms with Crippen molar-refractivity contribution in [2.45, 2.75) is 13.3 Å². The van der Waals surface area contributed by atoms with Gasteiger partial charge in [-0.2, -0.15) is 0 Å². The summed E-state index contributed by atoms with van der Waals surface area (Å²) in [5, 5.41) is 0. The number of ketones is 1. The zero-order valence-electron chi connectivity index (χ0n) is 7.60. The van der Waals surface area contributed by atoms with E-state index < -0.39 is 0 Å². The highest BCUT2D eigenvalue weighted by atomic mass is 79.9. The molecule has 1 aliphatic rings. The number of allylic oxidation sites excluding steroid dienone is 2. The third kappa shape index (κ3) is 1.42. The average Bonchev–Trinajstić information content (AvgIpc) is 2.48. The second kappa shape index (κ2) is 3.31. The number of fused-ring (bicyclic) bond motifs is 1.